The molecule has 0 N–H and O–H groups in total. The minimum absolute atomic E-state index is 0.157. The summed E-state index contributed by atoms with van der Waals surface area (Å²) in [5.41, 5.74) is 0. The Morgan fingerprint density at radius 3 is 1.63 bits per heavy atom. The molecule has 0 radical (unpaired) electrons. The minimum atomic E-state index is -0.157. The van der Waals surface area contributed by atoms with E-state index in [1.165, 1.54) is 29.6 Å². The van der Waals surface area contributed by atoms with Gasteiger partial charge in [-0.15, -0.1) is 0 Å². The fourth-order valence-electron chi connectivity index (χ4n) is 1.94. The molecule has 0 atom stereocenters. The Balaban J connectivity index is 0.000000861. The zero-order chi connectivity index (χ0) is 13.9. The van der Waals surface area contributed by atoms with Crippen LogP contribution >= 0.6 is 17.3 Å². The van der Waals surface area contributed by atoms with Gasteiger partial charge in [-0.1, -0.05) is 74.0 Å². The van der Waals surface area contributed by atoms with Gasteiger partial charge in [0.1, 0.15) is 0 Å². The van der Waals surface area contributed by atoms with E-state index in [0.29, 0.717) is 0 Å². The van der Waals surface area contributed by atoms with Crippen LogP contribution in [0.5, 0.6) is 0 Å². The average Bonchev–Trinajstić information content (AvgIpc) is 2.52. The summed E-state index contributed by atoms with van der Waals surface area (Å²) in [7, 11) is 4.45. The summed E-state index contributed by atoms with van der Waals surface area (Å²) in [5, 5.41) is 3.00. The molecule has 2 aromatic rings. The number of halogens is 1. The third kappa shape index (κ3) is 5.78. The van der Waals surface area contributed by atoms with Crippen molar-refractivity contribution >= 4 is 27.9 Å². The van der Waals surface area contributed by atoms with E-state index in [-0.39, 0.29) is 7.92 Å². The molecule has 0 amide bonds. The zero-order valence-corrected chi connectivity index (χ0v) is 15.0. The Morgan fingerprint density at radius 1 is 0.842 bits per heavy atom. The first kappa shape index (κ1) is 16.9. The van der Waals surface area contributed by atoms with Gasteiger partial charge in [-0.2, -0.15) is 0 Å². The molecule has 0 fully saturated rings. The summed E-state index contributed by atoms with van der Waals surface area (Å²) in [4.78, 5) is 0. The number of unbranched alkanes of at least 4 members (excludes halogenated alkanes) is 1. The Labute approximate surface area is 133 Å². The van der Waals surface area contributed by atoms with E-state index < -0.39 is 0 Å². The number of benzene rings is 2. The molecular formula is C16H19ClPPt. The van der Waals surface area contributed by atoms with E-state index in [0.717, 1.165) is 0 Å². The van der Waals surface area contributed by atoms with Gasteiger partial charge in [0.25, 0.3) is 0 Å². The van der Waals surface area contributed by atoms with Crippen molar-refractivity contribution in [3.05, 3.63) is 60.7 Å². The normalized spacial score (nSPS) is 9.95. The Hall–Kier alpha value is -0.152. The summed E-state index contributed by atoms with van der Waals surface area (Å²) in [5.74, 6) is 0. The maximum atomic E-state index is 4.61. The van der Waals surface area contributed by atoms with Crippen LogP contribution in [0.25, 0.3) is 0 Å². The van der Waals surface area contributed by atoms with Crippen molar-refractivity contribution < 1.29 is 18.8 Å². The molecule has 0 aromatic heterocycles. The molecule has 105 valence electrons. The summed E-state index contributed by atoms with van der Waals surface area (Å²) in [6.45, 7) is 2.27. The fraction of sp³-hybridized carbons (Fsp3) is 0.250. The standard InChI is InChI=1S/C16H19P.ClH.Pt/c1-2-3-14-17(15-10-6-4-7-11-15)16-12-8-5-9-13-16;;/h4-13H,2-3,14H2,1H3;1H;/q;;+1/p-1. The quantitative estimate of drug-likeness (QED) is 0.558. The predicted octanol–water partition coefficient (Wildman–Crippen LogP) is 4.61. The van der Waals surface area contributed by atoms with Crippen LogP contribution < -0.4 is 10.6 Å². The number of hydrogen-bond acceptors (Lipinski definition) is 0. The summed E-state index contributed by atoms with van der Waals surface area (Å²) in [6.07, 6.45) is 3.90. The monoisotopic (exact) mass is 472 g/mol. The number of hydrogen-bond donors (Lipinski definition) is 0. The Kier molecular flexibility index (Phi) is 9.44. The van der Waals surface area contributed by atoms with Gasteiger partial charge in [0, 0.05) is 0 Å². The molecule has 0 unspecified atom stereocenters. The van der Waals surface area contributed by atoms with Crippen molar-refractivity contribution in [1.29, 1.82) is 0 Å². The molecule has 0 nitrogen and oxygen atoms in total. The SMILES string of the molecule is CCCCP(c1ccccc1)c1ccccc1.[Cl][Pt]. The first-order valence-electron chi connectivity index (χ1n) is 6.41. The third-order valence-corrected chi connectivity index (χ3v) is 5.48. The number of rotatable bonds is 5. The van der Waals surface area contributed by atoms with Crippen molar-refractivity contribution in [2.24, 2.45) is 0 Å². The first-order chi connectivity index (χ1) is 9.42. The molecule has 0 spiro atoms. The second kappa shape index (κ2) is 10.6. The van der Waals surface area contributed by atoms with E-state index in [1.807, 2.05) is 0 Å². The van der Waals surface area contributed by atoms with Crippen LogP contribution in [0.2, 0.25) is 0 Å². The van der Waals surface area contributed by atoms with Gasteiger partial charge in [0.2, 0.25) is 0 Å². The Morgan fingerprint density at radius 2 is 1.26 bits per heavy atom. The molecule has 19 heavy (non-hydrogen) atoms. The van der Waals surface area contributed by atoms with E-state index >= 15 is 0 Å². The van der Waals surface area contributed by atoms with E-state index in [2.05, 4.69) is 77.0 Å². The Bertz CT molecular complexity index is 394. The van der Waals surface area contributed by atoms with Gasteiger partial charge in [-0.25, -0.2) is 0 Å². The van der Waals surface area contributed by atoms with Gasteiger partial charge in [-0.05, 0) is 31.1 Å². The summed E-state index contributed by atoms with van der Waals surface area (Å²) < 4.78 is 0. The molecule has 3 heteroatoms. The molecule has 0 aliphatic heterocycles. The van der Waals surface area contributed by atoms with E-state index in [1.54, 1.807) is 18.8 Å². The third-order valence-electron chi connectivity index (χ3n) is 2.87. The van der Waals surface area contributed by atoms with Gasteiger partial charge in [0.05, 0.1) is 0 Å². The van der Waals surface area contributed by atoms with Crippen molar-refractivity contribution in [1.82, 2.24) is 0 Å². The van der Waals surface area contributed by atoms with E-state index in [4.69, 9.17) is 0 Å². The van der Waals surface area contributed by atoms with Crippen molar-refractivity contribution in [2.45, 2.75) is 19.8 Å². The summed E-state index contributed by atoms with van der Waals surface area (Å²) in [6, 6.07) is 21.9. The van der Waals surface area contributed by atoms with Gasteiger partial charge >= 0.3 is 28.2 Å². The van der Waals surface area contributed by atoms with Gasteiger partial charge < -0.3 is 0 Å². The topological polar surface area (TPSA) is 0 Å². The second-order valence-corrected chi connectivity index (χ2v) is 6.51. The molecular weight excluding hydrogens is 454 g/mol. The maximum absolute atomic E-state index is 4.61. The molecule has 0 aliphatic carbocycles. The average molecular weight is 473 g/mol. The van der Waals surface area contributed by atoms with Crippen molar-refractivity contribution in [3.63, 3.8) is 0 Å². The summed E-state index contributed by atoms with van der Waals surface area (Å²) >= 11 is 1.61. The van der Waals surface area contributed by atoms with Crippen molar-refractivity contribution in [3.8, 4) is 0 Å². The van der Waals surface area contributed by atoms with Crippen LogP contribution in [0.15, 0.2) is 60.7 Å². The molecule has 0 saturated heterocycles. The fourth-order valence-corrected chi connectivity index (χ4v) is 4.45. The van der Waals surface area contributed by atoms with Crippen LogP contribution in [-0.4, -0.2) is 6.16 Å². The predicted molar refractivity (Wildman–Crippen MR) is 84.7 cm³/mol. The van der Waals surface area contributed by atoms with Crippen LogP contribution in [0.1, 0.15) is 19.8 Å². The van der Waals surface area contributed by atoms with Crippen LogP contribution in [0.4, 0.5) is 0 Å². The molecule has 0 saturated carbocycles. The molecule has 0 bridgehead atoms. The molecule has 2 rings (SSSR count). The van der Waals surface area contributed by atoms with Crippen molar-refractivity contribution in [2.75, 3.05) is 6.16 Å². The molecule has 0 aliphatic rings. The van der Waals surface area contributed by atoms with Crippen LogP contribution in [-0.2, 0) is 18.8 Å². The zero-order valence-electron chi connectivity index (χ0n) is 11.0. The van der Waals surface area contributed by atoms with Gasteiger partial charge in [-0.3, -0.25) is 0 Å². The molecule has 2 aromatic carbocycles. The first-order valence-corrected chi connectivity index (χ1v) is 10.8. The van der Waals surface area contributed by atoms with Crippen LogP contribution in [0, 0.1) is 0 Å². The molecule has 0 heterocycles. The van der Waals surface area contributed by atoms with Gasteiger partial charge in [0.15, 0.2) is 0 Å². The van der Waals surface area contributed by atoms with Crippen LogP contribution in [0.3, 0.4) is 0 Å². The van der Waals surface area contributed by atoms with E-state index in [9.17, 15) is 0 Å². The second-order valence-electron chi connectivity index (χ2n) is 4.18.